The monoisotopic (exact) mass is 96.0 g/mol. The summed E-state index contributed by atoms with van der Waals surface area (Å²) in [6, 6.07) is 0. The molecule has 2 radical (unpaired) electrons. The second kappa shape index (κ2) is 9.41. The van der Waals surface area contributed by atoms with Crippen LogP contribution >= 0.6 is 0 Å². The zero-order valence-electron chi connectivity index (χ0n) is 4.39. The molecular formula is C2H6AlLiO2. The first kappa shape index (κ1) is 10.1. The van der Waals surface area contributed by atoms with Gasteiger partial charge in [-0.05, 0) is 0 Å². The van der Waals surface area contributed by atoms with Crippen molar-refractivity contribution < 1.29 is 7.58 Å². The van der Waals surface area contributed by atoms with Crippen LogP contribution in [0.15, 0.2) is 0 Å². The molecule has 0 rings (SSSR count). The molecule has 0 aromatic rings. The van der Waals surface area contributed by atoms with Crippen LogP contribution in [0.1, 0.15) is 0 Å². The van der Waals surface area contributed by atoms with Crippen molar-refractivity contribution in [2.45, 2.75) is 0 Å². The first-order chi connectivity index (χ1) is 2.41. The predicted molar refractivity (Wildman–Crippen MR) is 25.5 cm³/mol. The predicted octanol–water partition coefficient (Wildman–Crippen LogP) is -0.567. The molecule has 4 heteroatoms. The van der Waals surface area contributed by atoms with Gasteiger partial charge in [-0.2, -0.15) is 0 Å². The van der Waals surface area contributed by atoms with Crippen molar-refractivity contribution in [3.63, 3.8) is 0 Å². The zero-order valence-corrected chi connectivity index (χ0v) is 5.55. The first-order valence-corrected chi connectivity index (χ1v) is 2.23. The van der Waals surface area contributed by atoms with Crippen LogP contribution in [0, 0.1) is 0 Å². The normalized spacial score (nSPS) is 6.33. The fourth-order valence-electron chi connectivity index (χ4n) is 0.0962. The van der Waals surface area contributed by atoms with Crippen molar-refractivity contribution in [3.05, 3.63) is 0 Å². The van der Waals surface area contributed by atoms with Crippen LogP contribution in [-0.4, -0.2) is 49.0 Å². The molecule has 0 bridgehead atoms. The second-order valence-corrected chi connectivity index (χ2v) is 1.70. The molecule has 30 valence electrons. The summed E-state index contributed by atoms with van der Waals surface area (Å²) in [5, 5.41) is 0. The Kier molecular flexibility index (Phi) is 15.9. The van der Waals surface area contributed by atoms with Crippen LogP contribution in [0.4, 0.5) is 0 Å². The summed E-state index contributed by atoms with van der Waals surface area (Å²) in [4.78, 5) is 0. The summed E-state index contributed by atoms with van der Waals surface area (Å²) in [7, 11) is 3.25. The average molecular weight is 96.0 g/mol. The van der Waals surface area contributed by atoms with Gasteiger partial charge in [0.2, 0.25) is 0 Å². The van der Waals surface area contributed by atoms with Gasteiger partial charge in [-0.25, -0.2) is 0 Å². The van der Waals surface area contributed by atoms with Gasteiger partial charge in [0.05, 0.1) is 0 Å². The first-order valence-electron chi connectivity index (χ1n) is 1.29. The van der Waals surface area contributed by atoms with Gasteiger partial charge in [0.1, 0.15) is 0 Å². The van der Waals surface area contributed by atoms with Gasteiger partial charge >= 0.3 is 15.9 Å². The minimum absolute atomic E-state index is 0. The Labute approximate surface area is 56.8 Å². The summed E-state index contributed by atoms with van der Waals surface area (Å²) < 4.78 is 9.10. The summed E-state index contributed by atoms with van der Waals surface area (Å²) in [5.74, 6) is 0. The van der Waals surface area contributed by atoms with Crippen molar-refractivity contribution in [1.82, 2.24) is 0 Å². The van der Waals surface area contributed by atoms with Gasteiger partial charge in [0.15, 0.2) is 0 Å². The third kappa shape index (κ3) is 8.90. The van der Waals surface area contributed by atoms with E-state index in [0.29, 0.717) is 0 Å². The Balaban J connectivity index is 0. The van der Waals surface area contributed by atoms with Gasteiger partial charge in [0, 0.05) is 33.1 Å². The molecule has 0 unspecified atom stereocenters. The minimum Gasteiger partial charge on any atom is -0.486 e. The van der Waals surface area contributed by atoms with E-state index in [-0.39, 0.29) is 34.7 Å². The Morgan fingerprint density at radius 1 is 1.17 bits per heavy atom. The molecule has 0 atom stereocenters. The van der Waals surface area contributed by atoms with E-state index in [4.69, 9.17) is 0 Å². The van der Waals surface area contributed by atoms with E-state index in [1.807, 2.05) is 0 Å². The van der Waals surface area contributed by atoms with Crippen molar-refractivity contribution in [2.24, 2.45) is 0 Å². The molecule has 0 aromatic heterocycles. The van der Waals surface area contributed by atoms with E-state index in [0.717, 1.165) is 0 Å². The van der Waals surface area contributed by atoms with Gasteiger partial charge in [-0.3, -0.25) is 0 Å². The van der Waals surface area contributed by atoms with Crippen LogP contribution in [0.5, 0.6) is 0 Å². The summed E-state index contributed by atoms with van der Waals surface area (Å²) >= 11 is -0.185. The largest absolute Gasteiger partial charge is 0.667 e. The van der Waals surface area contributed by atoms with E-state index in [1.54, 1.807) is 14.2 Å². The molecule has 0 saturated carbocycles. The molecular weight excluding hydrogens is 89.9 g/mol. The van der Waals surface area contributed by atoms with Crippen molar-refractivity contribution in [3.8, 4) is 0 Å². The van der Waals surface area contributed by atoms with E-state index < -0.39 is 0 Å². The van der Waals surface area contributed by atoms with E-state index in [2.05, 4.69) is 7.58 Å². The Morgan fingerprint density at radius 3 is 1.50 bits per heavy atom. The molecule has 2 nitrogen and oxygen atoms in total. The maximum Gasteiger partial charge on any atom is 0.667 e. The number of hydrogen-bond acceptors (Lipinski definition) is 2. The van der Waals surface area contributed by atoms with E-state index in [9.17, 15) is 0 Å². The van der Waals surface area contributed by atoms with Gasteiger partial charge < -0.3 is 7.58 Å². The van der Waals surface area contributed by atoms with Crippen LogP contribution in [0.25, 0.3) is 0 Å². The zero-order chi connectivity index (χ0) is 4.12. The quantitative estimate of drug-likeness (QED) is 0.428. The molecule has 0 heterocycles. The molecule has 0 amide bonds. The SMILES string of the molecule is C[O][Al][O]C.[Li]. The molecule has 6 heavy (non-hydrogen) atoms. The maximum absolute atomic E-state index is 4.55. The van der Waals surface area contributed by atoms with Crippen LogP contribution in [0.3, 0.4) is 0 Å². The third-order valence-electron chi connectivity index (χ3n) is 0.192. The summed E-state index contributed by atoms with van der Waals surface area (Å²) in [5.41, 5.74) is 0. The molecule has 0 aliphatic rings. The number of hydrogen-bond donors (Lipinski definition) is 0. The molecule has 0 fully saturated rings. The molecule has 0 N–H and O–H groups in total. The Hall–Kier alpha value is 1.05. The van der Waals surface area contributed by atoms with Gasteiger partial charge in [-0.15, -0.1) is 0 Å². The van der Waals surface area contributed by atoms with E-state index >= 15 is 0 Å². The maximum atomic E-state index is 4.55. The molecule has 0 aromatic carbocycles. The van der Waals surface area contributed by atoms with Gasteiger partial charge in [0.25, 0.3) is 0 Å². The average Bonchev–Trinajstić information content (AvgIpc) is 1.41. The molecule has 0 aliphatic heterocycles. The van der Waals surface area contributed by atoms with Gasteiger partial charge in [-0.1, -0.05) is 0 Å². The summed E-state index contributed by atoms with van der Waals surface area (Å²) in [6.45, 7) is 0. The van der Waals surface area contributed by atoms with Crippen LogP contribution in [0.2, 0.25) is 0 Å². The summed E-state index contributed by atoms with van der Waals surface area (Å²) in [6.07, 6.45) is 0. The Bertz CT molecular complexity index is 19.0. The van der Waals surface area contributed by atoms with Crippen molar-refractivity contribution in [2.75, 3.05) is 14.2 Å². The molecule has 0 saturated heterocycles. The molecule has 0 aliphatic carbocycles. The van der Waals surface area contributed by atoms with Crippen molar-refractivity contribution in [1.29, 1.82) is 0 Å². The van der Waals surface area contributed by atoms with Crippen molar-refractivity contribution >= 4 is 34.7 Å². The third-order valence-corrected chi connectivity index (χ3v) is 0.577. The minimum atomic E-state index is -0.185. The van der Waals surface area contributed by atoms with Crippen LogP contribution in [-0.2, 0) is 7.58 Å². The smallest absolute Gasteiger partial charge is 0.486 e. The topological polar surface area (TPSA) is 18.5 Å². The fraction of sp³-hybridized carbons (Fsp3) is 1.00. The molecule has 0 spiro atoms. The van der Waals surface area contributed by atoms with E-state index in [1.165, 1.54) is 0 Å². The number of rotatable bonds is 2. The fourth-order valence-corrected chi connectivity index (χ4v) is 0.289. The Morgan fingerprint density at radius 2 is 1.50 bits per heavy atom. The standard InChI is InChI=1S/2CH3O.Al.Li/c2*1-2;;/h2*1H3;;/q2*-1;+2;. The second-order valence-electron chi connectivity index (χ2n) is 0.568. The van der Waals surface area contributed by atoms with Crippen LogP contribution < -0.4 is 0 Å².